The van der Waals surface area contributed by atoms with Gasteiger partial charge in [0.25, 0.3) is 6.43 Å². The third-order valence-corrected chi connectivity index (χ3v) is 8.31. The van der Waals surface area contributed by atoms with Crippen LogP contribution in [0.5, 0.6) is 0 Å². The highest BCUT2D eigenvalue weighted by atomic mass is 35.5. The summed E-state index contributed by atoms with van der Waals surface area (Å²) in [7, 11) is 0. The maximum absolute atomic E-state index is 14.0. The van der Waals surface area contributed by atoms with E-state index in [1.54, 1.807) is 23.6 Å². The van der Waals surface area contributed by atoms with Crippen LogP contribution in [0, 0.1) is 23.7 Å². The number of hydrogen-bond donors (Lipinski definition) is 6. The number of nitrogens with one attached hydrogen (secondary N) is 6. The second-order valence-corrected chi connectivity index (χ2v) is 12.8. The van der Waals surface area contributed by atoms with Crippen LogP contribution in [-0.2, 0) is 0 Å². The van der Waals surface area contributed by atoms with Crippen molar-refractivity contribution in [3.05, 3.63) is 70.1 Å². The number of rotatable bonds is 9. The predicted octanol–water partition coefficient (Wildman–Crippen LogP) is 5.42. The Labute approximate surface area is 259 Å². The summed E-state index contributed by atoms with van der Waals surface area (Å²) in [5.41, 5.74) is 16.1. The molecule has 3 aliphatic rings. The van der Waals surface area contributed by atoms with Crippen LogP contribution in [0.4, 0.5) is 25.8 Å². The number of anilines is 3. The Morgan fingerprint density at radius 3 is 2.66 bits per heavy atom. The molecule has 1 fully saturated rings. The highest BCUT2D eigenvalue weighted by Crippen LogP contribution is 2.47. The molecule has 0 saturated heterocycles. The van der Waals surface area contributed by atoms with Crippen molar-refractivity contribution in [2.45, 2.75) is 58.5 Å². The van der Waals surface area contributed by atoms with Crippen molar-refractivity contribution >= 4 is 45.9 Å². The highest BCUT2D eigenvalue weighted by Gasteiger charge is 2.56. The molecule has 0 spiro atoms. The van der Waals surface area contributed by atoms with Crippen molar-refractivity contribution in [2.24, 2.45) is 10.5 Å². The zero-order valence-electron chi connectivity index (χ0n) is 24.8. The Kier molecular flexibility index (Phi) is 7.61. The van der Waals surface area contributed by atoms with Gasteiger partial charge in [-0.2, -0.15) is 10.4 Å². The lowest BCUT2D eigenvalue weighted by Crippen LogP contribution is -2.48. The van der Waals surface area contributed by atoms with Crippen LogP contribution in [0.3, 0.4) is 0 Å². The van der Waals surface area contributed by atoms with E-state index < -0.39 is 18.0 Å². The summed E-state index contributed by atoms with van der Waals surface area (Å²) < 4.78 is 28.0. The van der Waals surface area contributed by atoms with Gasteiger partial charge >= 0.3 is 0 Å². The quantitative estimate of drug-likeness (QED) is 0.184. The SMILES string of the molecule is Cc1c([C@H](Nc2cc(Cl)c3ncc(C#N)c(NCC(C)(C)C)c3c2)C2=CN(C3(C(F)F)CC3)NN2)cccc1N1C=NNN1. The Balaban J connectivity index is 1.44. The third kappa shape index (κ3) is 5.52. The van der Waals surface area contributed by atoms with E-state index >= 15 is 0 Å². The number of alkyl halides is 2. The van der Waals surface area contributed by atoms with Crippen molar-refractivity contribution < 1.29 is 8.78 Å². The molecule has 44 heavy (non-hydrogen) atoms. The van der Waals surface area contributed by atoms with Crippen molar-refractivity contribution in [2.75, 3.05) is 22.2 Å². The molecule has 0 unspecified atom stereocenters. The lowest BCUT2D eigenvalue weighted by Gasteiger charge is -2.26. The standard InChI is InChI=1S/C30H34ClF2N11/c1-17-20(6-5-7-24(17)43-16-37-40-42-43)27(23-14-44(41-39-23)30(8-9-30)28(32)33)38-19-10-21-25(36-15-29(2,3)4)18(12-34)13-35-26(21)22(31)11-19/h5-7,10-11,13-14,16,27-28,38-42H,8-9,15H2,1-4H3,(H,35,36)/t27-/m0/s1. The van der Waals surface area contributed by atoms with Crippen molar-refractivity contribution in [1.29, 1.82) is 5.26 Å². The minimum Gasteiger partial charge on any atom is -0.383 e. The number of hydrazine groups is 4. The average molecular weight is 622 g/mol. The Hall–Kier alpha value is -4.38. The molecule has 0 bridgehead atoms. The van der Waals surface area contributed by atoms with Crippen molar-refractivity contribution in [1.82, 2.24) is 32.0 Å². The molecule has 11 nitrogen and oxygen atoms in total. The van der Waals surface area contributed by atoms with E-state index in [0.717, 1.165) is 16.8 Å². The summed E-state index contributed by atoms with van der Waals surface area (Å²) >= 11 is 6.79. The van der Waals surface area contributed by atoms with E-state index in [2.05, 4.69) is 69.6 Å². The molecular formula is C30H34ClF2N11. The Morgan fingerprint density at radius 2 is 2.00 bits per heavy atom. The highest BCUT2D eigenvalue weighted by molar-refractivity contribution is 6.35. The zero-order chi connectivity index (χ0) is 31.2. The largest absolute Gasteiger partial charge is 0.383 e. The summed E-state index contributed by atoms with van der Waals surface area (Å²) in [5, 5.41) is 25.3. The van der Waals surface area contributed by atoms with Gasteiger partial charge in [-0.15, -0.1) is 11.1 Å². The molecule has 230 valence electrons. The number of benzene rings is 2. The molecule has 1 aliphatic carbocycles. The normalized spacial score (nSPS) is 17.8. The maximum Gasteiger partial charge on any atom is 0.262 e. The topological polar surface area (TPSA) is 128 Å². The van der Waals surface area contributed by atoms with Crippen molar-refractivity contribution in [3.8, 4) is 6.07 Å². The van der Waals surface area contributed by atoms with Gasteiger partial charge in [-0.05, 0) is 54.5 Å². The second kappa shape index (κ2) is 11.3. The molecule has 0 amide bonds. The van der Waals surface area contributed by atoms with Crippen LogP contribution < -0.4 is 37.7 Å². The smallest absolute Gasteiger partial charge is 0.262 e. The fraction of sp³-hybridized carbons (Fsp3) is 0.367. The number of pyridine rings is 1. The van der Waals surface area contributed by atoms with Crippen LogP contribution in [-0.4, -0.2) is 34.8 Å². The van der Waals surface area contributed by atoms with Gasteiger partial charge in [-0.3, -0.25) is 9.99 Å². The fourth-order valence-electron chi connectivity index (χ4n) is 5.40. The van der Waals surface area contributed by atoms with Gasteiger partial charge in [0, 0.05) is 30.0 Å². The van der Waals surface area contributed by atoms with Gasteiger partial charge < -0.3 is 16.1 Å². The van der Waals surface area contributed by atoms with Crippen LogP contribution in [0.2, 0.25) is 5.02 Å². The van der Waals surface area contributed by atoms with Crippen molar-refractivity contribution in [3.63, 3.8) is 0 Å². The molecular weight excluding hydrogens is 588 g/mol. The fourth-order valence-corrected chi connectivity index (χ4v) is 5.67. The molecule has 1 aromatic heterocycles. The monoisotopic (exact) mass is 621 g/mol. The first-order chi connectivity index (χ1) is 21.0. The number of hydrogen-bond acceptors (Lipinski definition) is 11. The number of fused-ring (bicyclic) bond motifs is 1. The zero-order valence-corrected chi connectivity index (χ0v) is 25.5. The van der Waals surface area contributed by atoms with Gasteiger partial charge in [0.15, 0.2) is 0 Å². The summed E-state index contributed by atoms with van der Waals surface area (Å²) in [6.45, 7) is 8.93. The van der Waals surface area contributed by atoms with Gasteiger partial charge in [-0.25, -0.2) is 19.3 Å². The van der Waals surface area contributed by atoms with E-state index in [-0.39, 0.29) is 5.41 Å². The molecule has 6 rings (SSSR count). The lowest BCUT2D eigenvalue weighted by atomic mass is 9.96. The molecule has 0 radical (unpaired) electrons. The van der Waals surface area contributed by atoms with Crippen LogP contribution >= 0.6 is 11.6 Å². The molecule has 3 aromatic rings. The van der Waals surface area contributed by atoms with E-state index in [0.29, 0.717) is 57.9 Å². The number of aromatic nitrogens is 1. The second-order valence-electron chi connectivity index (χ2n) is 12.4. The average Bonchev–Trinajstić information content (AvgIpc) is 3.36. The van der Waals surface area contributed by atoms with Crippen LogP contribution in [0.25, 0.3) is 10.9 Å². The summed E-state index contributed by atoms with van der Waals surface area (Å²) in [4.78, 5) is 4.48. The predicted molar refractivity (Wildman–Crippen MR) is 168 cm³/mol. The summed E-state index contributed by atoms with van der Waals surface area (Å²) in [5.74, 6) is 0. The number of halogens is 3. The Morgan fingerprint density at radius 1 is 1.20 bits per heavy atom. The van der Waals surface area contributed by atoms with E-state index in [4.69, 9.17) is 11.6 Å². The Bertz CT molecular complexity index is 1690. The molecule has 14 heteroatoms. The van der Waals surface area contributed by atoms with E-state index in [1.165, 1.54) is 11.2 Å². The first-order valence-electron chi connectivity index (χ1n) is 14.3. The number of nitrogens with zero attached hydrogens (tertiary/aromatic N) is 5. The third-order valence-electron chi connectivity index (χ3n) is 8.03. The van der Waals surface area contributed by atoms with E-state index in [9.17, 15) is 14.0 Å². The first kappa shape index (κ1) is 29.7. The molecule has 6 N–H and O–H groups in total. The van der Waals surface area contributed by atoms with Crippen LogP contribution in [0.1, 0.15) is 56.3 Å². The van der Waals surface area contributed by atoms with Gasteiger partial charge in [-0.1, -0.05) is 44.5 Å². The lowest BCUT2D eigenvalue weighted by molar-refractivity contribution is 0.00911. The summed E-state index contributed by atoms with van der Waals surface area (Å²) in [6, 6.07) is 11.3. The molecule has 2 aliphatic heterocycles. The minimum atomic E-state index is -2.50. The van der Waals surface area contributed by atoms with Gasteiger partial charge in [0.05, 0.1) is 39.2 Å². The molecule has 1 atom stereocenters. The number of hydrazone groups is 1. The molecule has 2 aromatic carbocycles. The van der Waals surface area contributed by atoms with E-state index in [1.807, 2.05) is 31.2 Å². The molecule has 3 heterocycles. The maximum atomic E-state index is 14.0. The van der Waals surface area contributed by atoms with Gasteiger partial charge in [0.1, 0.15) is 17.9 Å². The number of nitriles is 1. The molecule has 1 saturated carbocycles. The van der Waals surface area contributed by atoms with Gasteiger partial charge in [0.2, 0.25) is 0 Å². The summed E-state index contributed by atoms with van der Waals surface area (Å²) in [6.07, 6.45) is 3.13. The first-order valence-corrected chi connectivity index (χ1v) is 14.6. The minimum absolute atomic E-state index is 0.0450. The van der Waals surface area contributed by atoms with Crippen LogP contribution in [0.15, 0.2) is 53.5 Å².